The van der Waals surface area contributed by atoms with Gasteiger partial charge in [0.2, 0.25) is 0 Å². The van der Waals surface area contributed by atoms with Gasteiger partial charge >= 0.3 is 6.18 Å². The van der Waals surface area contributed by atoms with E-state index in [0.717, 1.165) is 24.3 Å². The lowest BCUT2D eigenvalue weighted by Crippen LogP contribution is -2.13. The molecule has 0 saturated heterocycles. The highest BCUT2D eigenvalue weighted by atomic mass is 79.9. The molecule has 0 fully saturated rings. The zero-order chi connectivity index (χ0) is 17.3. The largest absolute Gasteiger partial charge is 0.416 e. The lowest BCUT2D eigenvalue weighted by Gasteiger charge is -2.13. The van der Waals surface area contributed by atoms with Crippen LogP contribution in [-0.4, -0.2) is 8.42 Å². The average Bonchev–Trinajstić information content (AvgIpc) is 2.48. The lowest BCUT2D eigenvalue weighted by atomic mass is 10.1. The van der Waals surface area contributed by atoms with E-state index in [1.807, 2.05) is 0 Å². The molecule has 2 aromatic rings. The zero-order valence-electron chi connectivity index (χ0n) is 11.4. The number of nitriles is 1. The minimum absolute atomic E-state index is 0.0107. The van der Waals surface area contributed by atoms with Gasteiger partial charge in [0.25, 0.3) is 0 Å². The van der Waals surface area contributed by atoms with Gasteiger partial charge in [0.1, 0.15) is 0 Å². The van der Waals surface area contributed by atoms with Crippen molar-refractivity contribution < 1.29 is 21.6 Å². The van der Waals surface area contributed by atoms with Crippen molar-refractivity contribution in [2.24, 2.45) is 0 Å². The number of halogens is 4. The topological polar surface area (TPSA) is 57.9 Å². The summed E-state index contributed by atoms with van der Waals surface area (Å²) in [7, 11) is -4.03. The number of rotatable bonds is 3. The Morgan fingerprint density at radius 2 is 1.52 bits per heavy atom. The molecule has 0 N–H and O–H groups in total. The second kappa shape index (κ2) is 6.34. The van der Waals surface area contributed by atoms with Gasteiger partial charge in [-0.3, -0.25) is 0 Å². The summed E-state index contributed by atoms with van der Waals surface area (Å²) >= 11 is 3.17. The summed E-state index contributed by atoms with van der Waals surface area (Å²) in [5, 5.41) is 7.62. The van der Waals surface area contributed by atoms with Crippen LogP contribution in [0.2, 0.25) is 0 Å². The van der Waals surface area contributed by atoms with E-state index in [1.54, 1.807) is 6.07 Å². The second-order valence-corrected chi connectivity index (χ2v) is 7.58. The summed E-state index contributed by atoms with van der Waals surface area (Å²) in [5.41, 5.74) is -0.914. The summed E-state index contributed by atoms with van der Waals surface area (Å²) in [6, 6.07) is 10.9. The summed E-state index contributed by atoms with van der Waals surface area (Å²) < 4.78 is 63.3. The summed E-state index contributed by atoms with van der Waals surface area (Å²) in [6.45, 7) is 0. The molecular weight excluding hydrogens is 395 g/mol. The van der Waals surface area contributed by atoms with Crippen molar-refractivity contribution >= 4 is 25.8 Å². The van der Waals surface area contributed by atoms with Gasteiger partial charge in [0.05, 0.1) is 16.5 Å². The van der Waals surface area contributed by atoms with Crippen LogP contribution in [-0.2, 0) is 16.0 Å². The minimum atomic E-state index is -4.52. The van der Waals surface area contributed by atoms with E-state index in [9.17, 15) is 26.9 Å². The van der Waals surface area contributed by atoms with E-state index in [0.29, 0.717) is 4.47 Å². The van der Waals surface area contributed by atoms with Crippen LogP contribution in [0.15, 0.2) is 57.9 Å². The molecule has 0 aliphatic rings. The quantitative estimate of drug-likeness (QED) is 0.757. The van der Waals surface area contributed by atoms with Crippen LogP contribution in [0, 0.1) is 11.3 Å². The van der Waals surface area contributed by atoms with E-state index in [2.05, 4.69) is 15.9 Å². The molecule has 1 unspecified atom stereocenters. The SMILES string of the molecule is N#CC(c1ccc(C(F)(F)F)cc1)S(=O)(=O)c1ccc(Br)cc1. The number of nitrogens with zero attached hydrogens (tertiary/aromatic N) is 1. The van der Waals surface area contributed by atoms with Crippen molar-refractivity contribution in [2.45, 2.75) is 16.3 Å². The second-order valence-electron chi connectivity index (χ2n) is 4.63. The van der Waals surface area contributed by atoms with Gasteiger partial charge in [0.15, 0.2) is 15.1 Å². The van der Waals surface area contributed by atoms with Crippen LogP contribution in [0.1, 0.15) is 16.4 Å². The normalized spacial score (nSPS) is 13.3. The first kappa shape index (κ1) is 17.5. The van der Waals surface area contributed by atoms with Crippen LogP contribution < -0.4 is 0 Å². The molecule has 120 valence electrons. The smallest absolute Gasteiger partial charge is 0.222 e. The standard InChI is InChI=1S/C15H9BrF3NO2S/c16-12-5-7-13(8-6-12)23(21,22)14(9-20)10-1-3-11(4-2-10)15(17,18)19/h1-8,14H. The molecule has 2 aromatic carbocycles. The first-order valence-electron chi connectivity index (χ1n) is 6.22. The highest BCUT2D eigenvalue weighted by Crippen LogP contribution is 2.33. The zero-order valence-corrected chi connectivity index (χ0v) is 13.8. The summed E-state index contributed by atoms with van der Waals surface area (Å²) in [5.74, 6) is 0. The predicted octanol–water partition coefficient (Wildman–Crippen LogP) is 4.51. The Bertz CT molecular complexity index is 838. The van der Waals surface area contributed by atoms with Crippen LogP contribution in [0.5, 0.6) is 0 Å². The van der Waals surface area contributed by atoms with Crippen LogP contribution >= 0.6 is 15.9 Å². The number of sulfone groups is 1. The molecule has 3 nitrogen and oxygen atoms in total. The lowest BCUT2D eigenvalue weighted by molar-refractivity contribution is -0.137. The maximum Gasteiger partial charge on any atom is 0.416 e. The molecule has 8 heteroatoms. The Morgan fingerprint density at radius 3 is 1.96 bits per heavy atom. The summed E-state index contributed by atoms with van der Waals surface area (Å²) in [6.07, 6.45) is -4.52. The maximum atomic E-state index is 12.6. The van der Waals surface area contributed by atoms with Crippen molar-refractivity contribution in [1.82, 2.24) is 0 Å². The van der Waals surface area contributed by atoms with Crippen molar-refractivity contribution in [2.75, 3.05) is 0 Å². The Balaban J connectivity index is 2.43. The highest BCUT2D eigenvalue weighted by molar-refractivity contribution is 9.10. The molecule has 0 heterocycles. The first-order valence-corrected chi connectivity index (χ1v) is 8.56. The Hall–Kier alpha value is -1.85. The Kier molecular flexibility index (Phi) is 4.82. The number of hydrogen-bond donors (Lipinski definition) is 0. The molecule has 1 atom stereocenters. The maximum absolute atomic E-state index is 12.6. The molecule has 0 aliphatic carbocycles. The number of benzene rings is 2. The van der Waals surface area contributed by atoms with E-state index in [-0.39, 0.29) is 10.5 Å². The fraction of sp³-hybridized carbons (Fsp3) is 0.133. The Morgan fingerprint density at radius 1 is 1.00 bits per heavy atom. The van der Waals surface area contributed by atoms with Gasteiger partial charge in [-0.1, -0.05) is 28.1 Å². The fourth-order valence-corrected chi connectivity index (χ4v) is 3.64. The third-order valence-corrected chi connectivity index (χ3v) is 5.57. The molecule has 2 rings (SSSR count). The van der Waals surface area contributed by atoms with Gasteiger partial charge in [-0.25, -0.2) is 8.42 Å². The van der Waals surface area contributed by atoms with Gasteiger partial charge < -0.3 is 0 Å². The van der Waals surface area contributed by atoms with E-state index in [4.69, 9.17) is 0 Å². The molecule has 23 heavy (non-hydrogen) atoms. The van der Waals surface area contributed by atoms with Crippen molar-refractivity contribution in [3.8, 4) is 6.07 Å². The van der Waals surface area contributed by atoms with Gasteiger partial charge in [-0.15, -0.1) is 0 Å². The van der Waals surface area contributed by atoms with E-state index in [1.165, 1.54) is 24.3 Å². The molecule has 0 spiro atoms. The van der Waals surface area contributed by atoms with E-state index >= 15 is 0 Å². The monoisotopic (exact) mass is 403 g/mol. The van der Waals surface area contributed by atoms with Crippen LogP contribution in [0.25, 0.3) is 0 Å². The van der Waals surface area contributed by atoms with Crippen molar-refractivity contribution in [3.05, 3.63) is 64.1 Å². The Labute approximate surface area is 139 Å². The van der Waals surface area contributed by atoms with Crippen LogP contribution in [0.3, 0.4) is 0 Å². The van der Waals surface area contributed by atoms with Crippen LogP contribution in [0.4, 0.5) is 13.2 Å². The third-order valence-electron chi connectivity index (χ3n) is 3.11. The molecule has 0 saturated carbocycles. The van der Waals surface area contributed by atoms with E-state index < -0.39 is 26.8 Å². The number of hydrogen-bond acceptors (Lipinski definition) is 3. The third kappa shape index (κ3) is 3.74. The molecule has 0 amide bonds. The summed E-state index contributed by atoms with van der Waals surface area (Å²) in [4.78, 5) is -0.0767. The van der Waals surface area contributed by atoms with Crippen molar-refractivity contribution in [1.29, 1.82) is 5.26 Å². The molecular formula is C15H9BrF3NO2S. The molecule has 0 radical (unpaired) electrons. The molecule has 0 bridgehead atoms. The highest BCUT2D eigenvalue weighted by Gasteiger charge is 2.32. The molecule has 0 aliphatic heterocycles. The predicted molar refractivity (Wildman–Crippen MR) is 81.1 cm³/mol. The van der Waals surface area contributed by atoms with Gasteiger partial charge in [0, 0.05) is 4.47 Å². The van der Waals surface area contributed by atoms with Gasteiger partial charge in [-0.2, -0.15) is 18.4 Å². The van der Waals surface area contributed by atoms with Crippen molar-refractivity contribution in [3.63, 3.8) is 0 Å². The number of alkyl halides is 3. The fourth-order valence-electron chi connectivity index (χ4n) is 1.93. The average molecular weight is 404 g/mol. The van der Waals surface area contributed by atoms with Gasteiger partial charge in [-0.05, 0) is 42.0 Å². The minimum Gasteiger partial charge on any atom is -0.222 e. The molecule has 0 aromatic heterocycles. The first-order chi connectivity index (χ1) is 10.7.